The number of hydrogen-bond acceptors (Lipinski definition) is 0. The van der Waals surface area contributed by atoms with Crippen molar-refractivity contribution in [1.82, 2.24) is 0 Å². The zero-order chi connectivity index (χ0) is 10.2. The van der Waals surface area contributed by atoms with Crippen molar-refractivity contribution < 1.29 is 0 Å². The summed E-state index contributed by atoms with van der Waals surface area (Å²) in [7, 11) is 0. The highest BCUT2D eigenvalue weighted by atomic mass is 14.3. The molecule has 0 bridgehead atoms. The van der Waals surface area contributed by atoms with E-state index < -0.39 is 0 Å². The fourth-order valence-corrected chi connectivity index (χ4v) is 2.03. The third-order valence-corrected chi connectivity index (χ3v) is 2.51. The molecule has 0 rings (SSSR count). The molecular formula is C13H20. The van der Waals surface area contributed by atoms with E-state index in [2.05, 4.69) is 25.7 Å². The SMILES string of the molecule is C#CCC(CC#C)(CCC)CCC. The number of terminal acetylenes is 2. The van der Waals surface area contributed by atoms with Crippen LogP contribution in [0.4, 0.5) is 0 Å². The van der Waals surface area contributed by atoms with Crippen molar-refractivity contribution in [3.63, 3.8) is 0 Å². The van der Waals surface area contributed by atoms with Gasteiger partial charge in [-0.05, 0) is 18.3 Å². The Bertz CT molecular complexity index is 175. The molecule has 0 saturated carbocycles. The molecule has 0 aliphatic rings. The smallest absolute Gasteiger partial charge is 0.0152 e. The van der Waals surface area contributed by atoms with Gasteiger partial charge in [-0.2, -0.15) is 0 Å². The van der Waals surface area contributed by atoms with Crippen LogP contribution in [0, 0.1) is 30.1 Å². The van der Waals surface area contributed by atoms with Crippen LogP contribution in [0.5, 0.6) is 0 Å². The van der Waals surface area contributed by atoms with Gasteiger partial charge in [-0.1, -0.05) is 26.7 Å². The standard InChI is InChI=1S/C13H20/c1-5-9-13(10-6-2,11-7-3)12-8-4/h1-2H,7-12H2,3-4H3. The molecular weight excluding hydrogens is 156 g/mol. The molecule has 0 aliphatic carbocycles. The van der Waals surface area contributed by atoms with E-state index in [0.29, 0.717) is 0 Å². The molecule has 0 spiro atoms. The predicted molar refractivity (Wildman–Crippen MR) is 59.1 cm³/mol. The van der Waals surface area contributed by atoms with E-state index in [1.54, 1.807) is 0 Å². The average Bonchev–Trinajstić information content (AvgIpc) is 2.06. The quantitative estimate of drug-likeness (QED) is 0.542. The maximum Gasteiger partial charge on any atom is 0.0152 e. The van der Waals surface area contributed by atoms with E-state index in [1.807, 2.05) is 0 Å². The summed E-state index contributed by atoms with van der Waals surface area (Å²) in [5, 5.41) is 0. The first kappa shape index (κ1) is 12.1. The summed E-state index contributed by atoms with van der Waals surface area (Å²) in [6.07, 6.45) is 17.1. The molecule has 0 nitrogen and oxygen atoms in total. The lowest BCUT2D eigenvalue weighted by molar-refractivity contribution is 0.248. The van der Waals surface area contributed by atoms with Gasteiger partial charge in [-0.25, -0.2) is 0 Å². The molecule has 0 aromatic heterocycles. The van der Waals surface area contributed by atoms with Crippen molar-refractivity contribution >= 4 is 0 Å². The van der Waals surface area contributed by atoms with E-state index in [1.165, 1.54) is 12.8 Å². The fourth-order valence-electron chi connectivity index (χ4n) is 2.03. The van der Waals surface area contributed by atoms with Gasteiger partial charge in [-0.15, -0.1) is 24.7 Å². The molecule has 0 radical (unpaired) electrons. The van der Waals surface area contributed by atoms with E-state index in [4.69, 9.17) is 12.8 Å². The highest BCUT2D eigenvalue weighted by molar-refractivity contribution is 5.01. The van der Waals surface area contributed by atoms with Crippen molar-refractivity contribution in [3.05, 3.63) is 0 Å². The average molecular weight is 176 g/mol. The Hall–Kier alpha value is -0.880. The Morgan fingerprint density at radius 2 is 1.31 bits per heavy atom. The molecule has 13 heavy (non-hydrogen) atoms. The van der Waals surface area contributed by atoms with E-state index >= 15 is 0 Å². The van der Waals surface area contributed by atoms with E-state index in [9.17, 15) is 0 Å². The molecule has 72 valence electrons. The van der Waals surface area contributed by atoms with Crippen molar-refractivity contribution in [3.8, 4) is 24.7 Å². The summed E-state index contributed by atoms with van der Waals surface area (Å²) in [5.74, 6) is 5.54. The van der Waals surface area contributed by atoms with Gasteiger partial charge in [0.1, 0.15) is 0 Å². The topological polar surface area (TPSA) is 0 Å². The summed E-state index contributed by atoms with van der Waals surface area (Å²) < 4.78 is 0. The van der Waals surface area contributed by atoms with Crippen LogP contribution in [0.1, 0.15) is 52.4 Å². The zero-order valence-corrected chi connectivity index (χ0v) is 8.90. The van der Waals surface area contributed by atoms with Gasteiger partial charge < -0.3 is 0 Å². The minimum atomic E-state index is 0.229. The van der Waals surface area contributed by atoms with Gasteiger partial charge in [0.25, 0.3) is 0 Å². The molecule has 0 heterocycles. The highest BCUT2D eigenvalue weighted by Gasteiger charge is 2.25. The Morgan fingerprint density at radius 1 is 0.923 bits per heavy atom. The first-order valence-corrected chi connectivity index (χ1v) is 5.11. The Balaban J connectivity index is 4.41. The normalized spacial score (nSPS) is 10.5. The minimum Gasteiger partial charge on any atom is -0.120 e. The van der Waals surface area contributed by atoms with Crippen LogP contribution < -0.4 is 0 Å². The Kier molecular flexibility index (Phi) is 6.17. The fraction of sp³-hybridized carbons (Fsp3) is 0.692. The van der Waals surface area contributed by atoms with Crippen LogP contribution >= 0.6 is 0 Å². The number of hydrogen-bond donors (Lipinski definition) is 0. The maximum absolute atomic E-state index is 5.39. The third kappa shape index (κ3) is 4.05. The van der Waals surface area contributed by atoms with Gasteiger partial charge in [0.05, 0.1) is 0 Å². The Morgan fingerprint density at radius 3 is 1.54 bits per heavy atom. The first-order chi connectivity index (χ1) is 6.24. The molecule has 0 aliphatic heterocycles. The first-order valence-electron chi connectivity index (χ1n) is 5.11. The summed E-state index contributed by atoms with van der Waals surface area (Å²) in [6.45, 7) is 4.38. The van der Waals surface area contributed by atoms with Gasteiger partial charge in [-0.3, -0.25) is 0 Å². The van der Waals surface area contributed by atoms with Gasteiger partial charge in [0.15, 0.2) is 0 Å². The summed E-state index contributed by atoms with van der Waals surface area (Å²) in [6, 6.07) is 0. The summed E-state index contributed by atoms with van der Waals surface area (Å²) in [4.78, 5) is 0. The molecule has 0 unspecified atom stereocenters. The largest absolute Gasteiger partial charge is 0.120 e. The lowest BCUT2D eigenvalue weighted by atomic mass is 9.74. The van der Waals surface area contributed by atoms with E-state index in [0.717, 1.165) is 25.7 Å². The number of rotatable bonds is 6. The van der Waals surface area contributed by atoms with Gasteiger partial charge >= 0.3 is 0 Å². The van der Waals surface area contributed by atoms with Crippen LogP contribution in [0.3, 0.4) is 0 Å². The maximum atomic E-state index is 5.39. The highest BCUT2D eigenvalue weighted by Crippen LogP contribution is 2.36. The monoisotopic (exact) mass is 176 g/mol. The van der Waals surface area contributed by atoms with Crippen molar-refractivity contribution in [2.45, 2.75) is 52.4 Å². The van der Waals surface area contributed by atoms with Crippen LogP contribution in [-0.2, 0) is 0 Å². The second kappa shape index (κ2) is 6.62. The van der Waals surface area contributed by atoms with Crippen molar-refractivity contribution in [2.24, 2.45) is 5.41 Å². The summed E-state index contributed by atoms with van der Waals surface area (Å²) >= 11 is 0. The molecule has 0 atom stereocenters. The molecule has 0 saturated heterocycles. The molecule has 0 heteroatoms. The molecule has 0 aromatic rings. The lowest BCUT2D eigenvalue weighted by Gasteiger charge is -2.29. The van der Waals surface area contributed by atoms with Crippen LogP contribution in [0.2, 0.25) is 0 Å². The van der Waals surface area contributed by atoms with E-state index in [-0.39, 0.29) is 5.41 Å². The predicted octanol–water partition coefficient (Wildman–Crippen LogP) is 3.62. The van der Waals surface area contributed by atoms with Crippen molar-refractivity contribution in [1.29, 1.82) is 0 Å². The van der Waals surface area contributed by atoms with Crippen molar-refractivity contribution in [2.75, 3.05) is 0 Å². The minimum absolute atomic E-state index is 0.229. The molecule has 0 fully saturated rings. The zero-order valence-electron chi connectivity index (χ0n) is 8.90. The van der Waals surface area contributed by atoms with Gasteiger partial charge in [0, 0.05) is 12.8 Å². The Labute approximate surface area is 83.1 Å². The van der Waals surface area contributed by atoms with Crippen LogP contribution in [0.25, 0.3) is 0 Å². The van der Waals surface area contributed by atoms with Gasteiger partial charge in [0.2, 0.25) is 0 Å². The lowest BCUT2D eigenvalue weighted by Crippen LogP contribution is -2.19. The summed E-state index contributed by atoms with van der Waals surface area (Å²) in [5.41, 5.74) is 0.229. The molecule has 0 amide bonds. The van der Waals surface area contributed by atoms with Crippen LogP contribution in [-0.4, -0.2) is 0 Å². The molecule has 0 N–H and O–H groups in total. The van der Waals surface area contributed by atoms with Crippen LogP contribution in [0.15, 0.2) is 0 Å². The second-order valence-corrected chi connectivity index (χ2v) is 3.76. The molecule has 0 aromatic carbocycles. The third-order valence-electron chi connectivity index (χ3n) is 2.51. The second-order valence-electron chi connectivity index (χ2n) is 3.76.